The van der Waals surface area contributed by atoms with Crippen LogP contribution in [0.3, 0.4) is 0 Å². The highest BCUT2D eigenvalue weighted by molar-refractivity contribution is 8.00. The van der Waals surface area contributed by atoms with E-state index in [1.807, 2.05) is 49.4 Å². The van der Waals surface area contributed by atoms with Crippen molar-refractivity contribution in [1.82, 2.24) is 4.57 Å². The molecule has 0 bridgehead atoms. The monoisotopic (exact) mass is 657 g/mol. The molecule has 0 aliphatic carbocycles. The van der Waals surface area contributed by atoms with Crippen LogP contribution in [-0.2, 0) is 20.9 Å². The molecular weight excluding hydrogens is 627 g/mol. The van der Waals surface area contributed by atoms with Gasteiger partial charge < -0.3 is 10.2 Å². The number of nitrogens with zero attached hydrogens (tertiary/aromatic N) is 4. The van der Waals surface area contributed by atoms with Gasteiger partial charge in [0.25, 0.3) is 5.69 Å². The number of hydrogen-bond donors (Lipinski definition) is 1. The zero-order valence-corrected chi connectivity index (χ0v) is 27.0. The third-order valence-electron chi connectivity index (χ3n) is 8.47. The molecule has 2 aliphatic rings. The second-order valence-corrected chi connectivity index (χ2v) is 13.2. The van der Waals surface area contributed by atoms with Crippen LogP contribution in [0.5, 0.6) is 0 Å². The molecule has 0 radical (unpaired) electrons. The summed E-state index contributed by atoms with van der Waals surface area (Å²) < 4.78 is 1.39. The van der Waals surface area contributed by atoms with E-state index in [-0.39, 0.29) is 28.7 Å². The van der Waals surface area contributed by atoms with E-state index in [0.717, 1.165) is 57.9 Å². The summed E-state index contributed by atoms with van der Waals surface area (Å²) in [7, 11) is 0. The quantitative estimate of drug-likeness (QED) is 0.144. The number of non-ortho nitro benzene ring substituents is 1. The molecule has 1 fully saturated rings. The third kappa shape index (κ3) is 5.49. The molecular formula is C33H31N5O6S2. The van der Waals surface area contributed by atoms with Crippen LogP contribution in [0.25, 0.3) is 0 Å². The van der Waals surface area contributed by atoms with E-state index in [9.17, 15) is 29.3 Å². The maximum absolute atomic E-state index is 14.1. The van der Waals surface area contributed by atoms with Gasteiger partial charge in [0.1, 0.15) is 11.8 Å². The van der Waals surface area contributed by atoms with Gasteiger partial charge in [-0.25, -0.2) is 4.90 Å². The average molecular weight is 658 g/mol. The fourth-order valence-corrected chi connectivity index (χ4v) is 8.89. The number of nitro benzene ring substituents is 1. The number of para-hydroxylation sites is 1. The number of thioether (sulfide) groups is 1. The van der Waals surface area contributed by atoms with Gasteiger partial charge in [0.2, 0.25) is 17.7 Å². The normalized spacial score (nSPS) is 18.7. The second-order valence-electron chi connectivity index (χ2n) is 11.1. The van der Waals surface area contributed by atoms with Crippen LogP contribution >= 0.6 is 23.1 Å². The summed E-state index contributed by atoms with van der Waals surface area (Å²) in [5.41, 5.74) is 3.38. The summed E-state index contributed by atoms with van der Waals surface area (Å²) >= 11 is 2.11. The summed E-state index contributed by atoms with van der Waals surface area (Å²) in [5.74, 6) is -2.75. The minimum absolute atomic E-state index is 0.157. The van der Waals surface area contributed by atoms with Crippen molar-refractivity contribution in [2.45, 2.75) is 43.5 Å². The molecule has 3 atom stereocenters. The topological polar surface area (TPSA) is 135 Å². The van der Waals surface area contributed by atoms with Crippen LogP contribution < -0.4 is 20.0 Å². The SMILES string of the molecule is CCN(CC)c1ccc([C@@H]2c3sc(=O)n(CC(=O)Nc4ccccc4C)c3S[C@H]3C(=O)N(c4ccc([N+](=O)[O-])cc4)C(=O)[C@@H]23)cc1. The largest absolute Gasteiger partial charge is 0.372 e. The molecule has 236 valence electrons. The van der Waals surface area contributed by atoms with E-state index in [1.165, 1.54) is 28.8 Å². The average Bonchev–Trinajstić information content (AvgIpc) is 3.49. The van der Waals surface area contributed by atoms with E-state index in [0.29, 0.717) is 15.6 Å². The van der Waals surface area contributed by atoms with E-state index < -0.39 is 33.8 Å². The molecule has 3 aromatic carbocycles. The van der Waals surface area contributed by atoms with E-state index in [1.54, 1.807) is 6.07 Å². The van der Waals surface area contributed by atoms with Crippen molar-refractivity contribution in [3.8, 4) is 0 Å². The lowest BCUT2D eigenvalue weighted by atomic mass is 9.83. The highest BCUT2D eigenvalue weighted by Gasteiger charge is 2.56. The lowest BCUT2D eigenvalue weighted by Gasteiger charge is -2.31. The fraction of sp³-hybridized carbons (Fsp3) is 0.273. The van der Waals surface area contributed by atoms with Gasteiger partial charge in [0, 0.05) is 47.4 Å². The van der Waals surface area contributed by atoms with Crippen LogP contribution in [0.1, 0.15) is 35.8 Å². The Kier molecular flexibility index (Phi) is 8.53. The molecule has 1 saturated heterocycles. The van der Waals surface area contributed by atoms with Crippen molar-refractivity contribution in [2.75, 3.05) is 28.2 Å². The maximum Gasteiger partial charge on any atom is 0.308 e. The number of thiazole rings is 1. The van der Waals surface area contributed by atoms with Crippen LogP contribution in [0.2, 0.25) is 0 Å². The van der Waals surface area contributed by atoms with Crippen LogP contribution in [-0.4, -0.2) is 45.6 Å². The number of carbonyl (C=O) groups is 3. The molecule has 6 rings (SSSR count). The fourth-order valence-electron chi connectivity index (χ4n) is 6.12. The highest BCUT2D eigenvalue weighted by atomic mass is 32.2. The van der Waals surface area contributed by atoms with Crippen LogP contribution in [0.4, 0.5) is 22.7 Å². The number of nitrogens with one attached hydrogen (secondary N) is 1. The molecule has 0 spiro atoms. The number of amides is 3. The zero-order chi connectivity index (χ0) is 32.7. The van der Waals surface area contributed by atoms with Gasteiger partial charge in [-0.3, -0.25) is 33.9 Å². The second kappa shape index (κ2) is 12.6. The smallest absolute Gasteiger partial charge is 0.308 e. The van der Waals surface area contributed by atoms with Gasteiger partial charge >= 0.3 is 4.87 Å². The number of nitro groups is 1. The molecule has 4 aromatic rings. The molecule has 11 nitrogen and oxygen atoms in total. The summed E-state index contributed by atoms with van der Waals surface area (Å²) in [6, 6.07) is 20.5. The van der Waals surface area contributed by atoms with Gasteiger partial charge in [-0.1, -0.05) is 53.4 Å². The van der Waals surface area contributed by atoms with E-state index in [4.69, 9.17) is 0 Å². The number of aryl methyl sites for hydroxylation is 1. The number of anilines is 3. The predicted molar refractivity (Wildman–Crippen MR) is 179 cm³/mol. The van der Waals surface area contributed by atoms with Gasteiger partial charge in [0.05, 0.1) is 21.6 Å². The van der Waals surface area contributed by atoms with E-state index >= 15 is 0 Å². The van der Waals surface area contributed by atoms with Gasteiger partial charge in [-0.2, -0.15) is 0 Å². The molecule has 3 amide bonds. The first kappa shape index (κ1) is 31.2. The van der Waals surface area contributed by atoms with Crippen molar-refractivity contribution in [3.63, 3.8) is 0 Å². The Morgan fingerprint density at radius 3 is 2.26 bits per heavy atom. The van der Waals surface area contributed by atoms with Crippen LogP contribution in [0.15, 0.2) is 82.6 Å². The summed E-state index contributed by atoms with van der Waals surface area (Å²) in [5, 5.41) is 13.7. The number of hydrogen-bond acceptors (Lipinski definition) is 9. The summed E-state index contributed by atoms with van der Waals surface area (Å²) in [6.07, 6.45) is 0. The Hall–Kier alpha value is -4.75. The molecule has 1 aromatic heterocycles. The molecule has 3 heterocycles. The molecule has 0 unspecified atom stereocenters. The number of imide groups is 1. The Labute approximate surface area is 273 Å². The standard InChI is InChI=1S/C33H31N5O6S2/c1-4-35(5-2)21-12-10-20(11-13-21)26-27-28(31(41)37(30(27)40)22-14-16-23(17-15-22)38(43)44)45-32-29(26)46-33(42)36(32)18-25(39)34-24-9-7-6-8-19(24)3/h6-17,26-28H,4-5,18H2,1-3H3,(H,34,39)/t26-,27-,28+/m0/s1. The minimum Gasteiger partial charge on any atom is -0.372 e. The Morgan fingerprint density at radius 2 is 1.63 bits per heavy atom. The van der Waals surface area contributed by atoms with Gasteiger partial charge in [-0.05, 0) is 62.2 Å². The molecule has 46 heavy (non-hydrogen) atoms. The first-order chi connectivity index (χ1) is 22.1. The van der Waals surface area contributed by atoms with Crippen molar-refractivity contribution in [3.05, 3.63) is 109 Å². The Balaban J connectivity index is 1.41. The van der Waals surface area contributed by atoms with Crippen molar-refractivity contribution in [1.29, 1.82) is 0 Å². The number of aromatic nitrogens is 1. The van der Waals surface area contributed by atoms with Gasteiger partial charge in [-0.15, -0.1) is 0 Å². The zero-order valence-electron chi connectivity index (χ0n) is 25.3. The third-order valence-corrected chi connectivity index (χ3v) is 11.1. The lowest BCUT2D eigenvalue weighted by molar-refractivity contribution is -0.384. The number of benzene rings is 3. The lowest BCUT2D eigenvalue weighted by Crippen LogP contribution is -2.33. The Bertz CT molecular complexity index is 1900. The molecule has 0 saturated carbocycles. The van der Waals surface area contributed by atoms with E-state index in [2.05, 4.69) is 24.1 Å². The van der Waals surface area contributed by atoms with Crippen molar-refractivity contribution < 1.29 is 19.3 Å². The predicted octanol–water partition coefficient (Wildman–Crippen LogP) is 5.41. The number of rotatable bonds is 9. The minimum atomic E-state index is -0.873. The molecule has 13 heteroatoms. The van der Waals surface area contributed by atoms with Gasteiger partial charge in [0.15, 0.2) is 0 Å². The summed E-state index contributed by atoms with van der Waals surface area (Å²) in [6.45, 7) is 7.38. The Morgan fingerprint density at radius 1 is 0.957 bits per heavy atom. The van der Waals surface area contributed by atoms with Crippen molar-refractivity contribution in [2.24, 2.45) is 5.92 Å². The highest BCUT2D eigenvalue weighted by Crippen LogP contribution is 2.54. The number of carbonyl (C=O) groups excluding carboxylic acids is 3. The first-order valence-corrected chi connectivity index (χ1v) is 16.5. The van der Waals surface area contributed by atoms with Crippen LogP contribution in [0, 0.1) is 23.0 Å². The maximum atomic E-state index is 14.1. The van der Waals surface area contributed by atoms with Crippen molar-refractivity contribution >= 4 is 63.6 Å². The molecule has 1 N–H and O–H groups in total. The molecule has 2 aliphatic heterocycles. The first-order valence-electron chi connectivity index (χ1n) is 14.9. The summed E-state index contributed by atoms with van der Waals surface area (Å²) in [4.78, 5) is 69.0. The number of fused-ring (bicyclic) bond motifs is 2.